The van der Waals surface area contributed by atoms with Crippen LogP contribution in [0.4, 0.5) is 11.4 Å². The van der Waals surface area contributed by atoms with E-state index in [0.717, 1.165) is 24.5 Å². The number of ether oxygens (including phenoxy) is 6. The van der Waals surface area contributed by atoms with E-state index >= 15 is 0 Å². The van der Waals surface area contributed by atoms with Gasteiger partial charge in [0.25, 0.3) is 0 Å². The van der Waals surface area contributed by atoms with Crippen LogP contribution in [0.15, 0.2) is 84.0 Å². The molecule has 0 saturated heterocycles. The number of nitriles is 2. The van der Waals surface area contributed by atoms with Crippen molar-refractivity contribution in [1.82, 2.24) is 0 Å². The van der Waals surface area contributed by atoms with Crippen LogP contribution in [0.1, 0.15) is 38.8 Å². The molecule has 0 aliphatic carbocycles. The quantitative estimate of drug-likeness (QED) is 0.0422. The van der Waals surface area contributed by atoms with Crippen LogP contribution in [0.25, 0.3) is 12.2 Å². The fourth-order valence-corrected chi connectivity index (χ4v) is 4.72. The van der Waals surface area contributed by atoms with Gasteiger partial charge in [0, 0.05) is 48.7 Å². The maximum Gasteiger partial charge on any atom is 0.349 e. The van der Waals surface area contributed by atoms with Gasteiger partial charge in [-0.3, -0.25) is 0 Å². The van der Waals surface area contributed by atoms with Gasteiger partial charge in [-0.05, 0) is 75.2 Å². The highest BCUT2D eigenvalue weighted by Crippen LogP contribution is 2.19. The minimum Gasteiger partial charge on any atom is -0.459 e. The smallest absolute Gasteiger partial charge is 0.349 e. The van der Waals surface area contributed by atoms with Gasteiger partial charge in [0.05, 0.1) is 26.4 Å². The molecule has 2 aromatic rings. The number of anilines is 2. The Balaban J connectivity index is 1.73. The van der Waals surface area contributed by atoms with Crippen molar-refractivity contribution in [2.24, 2.45) is 0 Å². The number of nitrogens with zero attached hydrogens (tertiary/aromatic N) is 4. The second kappa shape index (κ2) is 25.7. The van der Waals surface area contributed by atoms with Crippen LogP contribution in [-0.2, 0) is 47.6 Å². The lowest BCUT2D eigenvalue weighted by Crippen LogP contribution is -2.28. The van der Waals surface area contributed by atoms with Gasteiger partial charge < -0.3 is 38.2 Å². The number of carbonyl (C=O) groups excluding carboxylic acids is 4. The molecule has 0 spiro atoms. The van der Waals surface area contributed by atoms with E-state index in [-0.39, 0.29) is 48.7 Å². The summed E-state index contributed by atoms with van der Waals surface area (Å²) < 4.78 is 31.5. The monoisotopic (exact) mass is 770 g/mol. The molecule has 0 N–H and O–H groups in total. The summed E-state index contributed by atoms with van der Waals surface area (Å²) in [5.41, 5.74) is 3.34. The molecule has 298 valence electrons. The summed E-state index contributed by atoms with van der Waals surface area (Å²) in [4.78, 5) is 51.7. The number of rotatable bonds is 25. The number of likely N-dealkylation sites (N-methyl/N-ethyl adjacent to an activating group) is 2. The molecule has 14 nitrogen and oxygen atoms in total. The fourth-order valence-electron chi connectivity index (χ4n) is 4.72. The van der Waals surface area contributed by atoms with Crippen LogP contribution in [-0.4, -0.2) is 103 Å². The normalized spacial score (nSPS) is 11.0. The Labute approximate surface area is 328 Å². The van der Waals surface area contributed by atoms with Gasteiger partial charge in [-0.25, -0.2) is 19.2 Å². The average Bonchev–Trinajstić information content (AvgIpc) is 3.20. The van der Waals surface area contributed by atoms with Crippen molar-refractivity contribution in [2.45, 2.75) is 27.7 Å². The highest BCUT2D eigenvalue weighted by molar-refractivity contribution is 5.98. The van der Waals surface area contributed by atoms with Crippen molar-refractivity contribution in [2.75, 3.05) is 88.8 Å². The third-order valence-electron chi connectivity index (χ3n) is 7.76. The molecule has 0 fully saturated rings. The first kappa shape index (κ1) is 45.9. The number of hydrogen-bond donors (Lipinski definition) is 0. The first-order valence-electron chi connectivity index (χ1n) is 18.0. The zero-order valence-corrected chi connectivity index (χ0v) is 32.5. The summed E-state index contributed by atoms with van der Waals surface area (Å²) in [5, 5.41) is 18.9. The van der Waals surface area contributed by atoms with E-state index in [1.807, 2.05) is 50.3 Å². The van der Waals surface area contributed by atoms with Crippen molar-refractivity contribution >= 4 is 47.4 Å². The predicted molar refractivity (Wildman–Crippen MR) is 211 cm³/mol. The van der Waals surface area contributed by atoms with Crippen molar-refractivity contribution in [3.05, 3.63) is 95.1 Å². The minimum atomic E-state index is -0.809. The summed E-state index contributed by atoms with van der Waals surface area (Å²) in [6, 6.07) is 18.5. The molecule has 0 aliphatic heterocycles. The largest absolute Gasteiger partial charge is 0.459 e. The Morgan fingerprint density at radius 1 is 0.554 bits per heavy atom. The second-order valence-electron chi connectivity index (χ2n) is 12.0. The molecule has 0 heterocycles. The van der Waals surface area contributed by atoms with Crippen LogP contribution in [0, 0.1) is 22.7 Å². The van der Waals surface area contributed by atoms with Gasteiger partial charge in [-0.2, -0.15) is 10.5 Å². The van der Waals surface area contributed by atoms with Gasteiger partial charge in [0.15, 0.2) is 0 Å². The van der Waals surface area contributed by atoms with Gasteiger partial charge in [0.2, 0.25) is 0 Å². The highest BCUT2D eigenvalue weighted by atomic mass is 16.6. The van der Waals surface area contributed by atoms with Crippen LogP contribution in [0.5, 0.6) is 0 Å². The molecule has 2 rings (SSSR count). The molecule has 14 heteroatoms. The zero-order chi connectivity index (χ0) is 41.3. The topological polar surface area (TPSA) is 178 Å². The van der Waals surface area contributed by atoms with E-state index in [1.165, 1.54) is 26.0 Å². The fraction of sp³-hybridized carbons (Fsp3) is 0.381. The lowest BCUT2D eigenvalue weighted by molar-refractivity contribution is -0.147. The maximum absolute atomic E-state index is 12.3. The van der Waals surface area contributed by atoms with E-state index in [2.05, 4.69) is 23.0 Å². The summed E-state index contributed by atoms with van der Waals surface area (Å²) in [7, 11) is 0. The molecular formula is C42H50N4O10. The van der Waals surface area contributed by atoms with Gasteiger partial charge in [-0.15, -0.1) is 0 Å². The first-order valence-corrected chi connectivity index (χ1v) is 18.0. The summed E-state index contributed by atoms with van der Waals surface area (Å²) in [5.74, 6) is -2.78. The Morgan fingerprint density at radius 2 is 0.875 bits per heavy atom. The maximum atomic E-state index is 12.3. The van der Waals surface area contributed by atoms with Crippen molar-refractivity contribution in [3.8, 4) is 12.1 Å². The van der Waals surface area contributed by atoms with Gasteiger partial charge in [0.1, 0.15) is 49.7 Å². The lowest BCUT2D eigenvalue weighted by atomic mass is 10.1. The molecular weight excluding hydrogens is 720 g/mol. The van der Waals surface area contributed by atoms with Crippen LogP contribution < -0.4 is 9.80 Å². The highest BCUT2D eigenvalue weighted by Gasteiger charge is 2.14. The first-order chi connectivity index (χ1) is 26.9. The zero-order valence-electron chi connectivity index (χ0n) is 32.5. The molecule has 56 heavy (non-hydrogen) atoms. The van der Waals surface area contributed by atoms with E-state index in [4.69, 9.17) is 28.4 Å². The Morgan fingerprint density at radius 3 is 1.16 bits per heavy atom. The summed E-state index contributed by atoms with van der Waals surface area (Å²) >= 11 is 0. The molecule has 0 amide bonds. The molecule has 0 unspecified atom stereocenters. The number of carbonyl (C=O) groups is 4. The molecule has 0 atom stereocenters. The molecule has 0 radical (unpaired) electrons. The van der Waals surface area contributed by atoms with E-state index in [9.17, 15) is 29.7 Å². The van der Waals surface area contributed by atoms with E-state index in [0.29, 0.717) is 50.6 Å². The SMILES string of the molecule is C=C(C)C(=O)OCCOC(=O)/C(C#N)=C/c1ccc(N(CC)CCOCCOCCN(CC)c2ccc(/C=C(\C#N)C(=O)OCCOC(=O)C(=C)C)cc2)cc1. The van der Waals surface area contributed by atoms with E-state index < -0.39 is 23.9 Å². The van der Waals surface area contributed by atoms with Crippen LogP contribution in [0.3, 0.4) is 0 Å². The van der Waals surface area contributed by atoms with Crippen LogP contribution in [0.2, 0.25) is 0 Å². The van der Waals surface area contributed by atoms with Crippen LogP contribution >= 0.6 is 0 Å². The van der Waals surface area contributed by atoms with Gasteiger partial charge in [-0.1, -0.05) is 37.4 Å². The third-order valence-corrected chi connectivity index (χ3v) is 7.76. The standard InChI is InChI=1S/C42H50N4O10/c1-7-45(37-13-9-33(10-14-37)27-35(29-43)41(49)55-25-23-53-39(47)31(3)4)17-19-51-21-22-52-20-18-46(8-2)38-15-11-34(12-16-38)28-36(30-44)42(50)56-26-24-54-40(48)32(5)6/h9-16,27-28H,3,5,7-8,17-26H2,1-2,4,6H3/b35-27+,36-28+. The number of hydrogen-bond acceptors (Lipinski definition) is 14. The Hall–Kier alpha value is -6.22. The Bertz CT molecular complexity index is 1660. The van der Waals surface area contributed by atoms with Crippen molar-refractivity contribution in [3.63, 3.8) is 0 Å². The number of benzene rings is 2. The molecule has 0 saturated carbocycles. The molecule has 0 aliphatic rings. The van der Waals surface area contributed by atoms with E-state index in [1.54, 1.807) is 24.3 Å². The van der Waals surface area contributed by atoms with Crippen molar-refractivity contribution < 1.29 is 47.6 Å². The second-order valence-corrected chi connectivity index (χ2v) is 12.0. The Kier molecular flexibility index (Phi) is 21.1. The average molecular weight is 771 g/mol. The summed E-state index contributed by atoms with van der Waals surface area (Å²) in [6.45, 7) is 18.0. The number of esters is 4. The predicted octanol–water partition coefficient (Wildman–Crippen LogP) is 5.21. The third kappa shape index (κ3) is 16.8. The van der Waals surface area contributed by atoms with Crippen molar-refractivity contribution in [1.29, 1.82) is 10.5 Å². The summed E-state index contributed by atoms with van der Waals surface area (Å²) in [6.07, 6.45) is 2.88. The molecule has 0 aromatic heterocycles. The minimum absolute atomic E-state index is 0.137. The molecule has 2 aromatic carbocycles. The van der Waals surface area contributed by atoms with Gasteiger partial charge >= 0.3 is 23.9 Å². The molecule has 0 bridgehead atoms. The lowest BCUT2D eigenvalue weighted by Gasteiger charge is -2.24.